The highest BCUT2D eigenvalue weighted by molar-refractivity contribution is 6.35. The molecule has 7 heteroatoms. The van der Waals surface area contributed by atoms with Gasteiger partial charge in [0.15, 0.2) is 6.61 Å². The van der Waals surface area contributed by atoms with E-state index in [1.165, 1.54) is 6.08 Å². The molecule has 24 heavy (non-hydrogen) atoms. The molecule has 3 rings (SSSR count). The molecule has 0 fully saturated rings. The van der Waals surface area contributed by atoms with Gasteiger partial charge in [-0.05, 0) is 42.0 Å². The normalized spacial score (nSPS) is 13.2. The van der Waals surface area contributed by atoms with Gasteiger partial charge >= 0.3 is 0 Å². The zero-order valence-corrected chi connectivity index (χ0v) is 13.8. The number of benzene rings is 2. The maximum Gasteiger partial charge on any atom is 0.262 e. The smallest absolute Gasteiger partial charge is 0.262 e. The summed E-state index contributed by atoms with van der Waals surface area (Å²) < 4.78 is 5.26. The van der Waals surface area contributed by atoms with Crippen molar-refractivity contribution in [1.29, 1.82) is 0 Å². The van der Waals surface area contributed by atoms with E-state index in [2.05, 4.69) is 10.6 Å². The first-order chi connectivity index (χ1) is 11.5. The van der Waals surface area contributed by atoms with Gasteiger partial charge in [0.25, 0.3) is 5.91 Å². The number of nitrogens with one attached hydrogen (secondary N) is 2. The van der Waals surface area contributed by atoms with Crippen molar-refractivity contribution in [2.45, 2.75) is 0 Å². The number of rotatable bonds is 3. The second-order valence-electron chi connectivity index (χ2n) is 5.04. The van der Waals surface area contributed by atoms with Gasteiger partial charge in [-0.15, -0.1) is 0 Å². The highest BCUT2D eigenvalue weighted by Gasteiger charge is 2.16. The third-order valence-electron chi connectivity index (χ3n) is 3.26. The van der Waals surface area contributed by atoms with Crippen LogP contribution in [0.1, 0.15) is 5.56 Å². The Hall–Kier alpha value is -2.50. The van der Waals surface area contributed by atoms with Crippen molar-refractivity contribution in [3.05, 3.63) is 58.1 Å². The molecule has 1 heterocycles. The Bertz CT molecular complexity index is 850. The van der Waals surface area contributed by atoms with E-state index in [9.17, 15) is 9.59 Å². The largest absolute Gasteiger partial charge is 0.482 e. The topological polar surface area (TPSA) is 67.4 Å². The molecule has 1 aliphatic heterocycles. The molecule has 0 spiro atoms. The monoisotopic (exact) mass is 362 g/mol. The van der Waals surface area contributed by atoms with Crippen molar-refractivity contribution in [3.8, 4) is 5.75 Å². The molecule has 0 aromatic heterocycles. The summed E-state index contributed by atoms with van der Waals surface area (Å²) in [6, 6.07) is 10.0. The maximum absolute atomic E-state index is 12.0. The Morgan fingerprint density at radius 2 is 2.04 bits per heavy atom. The first kappa shape index (κ1) is 16.4. The van der Waals surface area contributed by atoms with Crippen LogP contribution in [0.3, 0.4) is 0 Å². The van der Waals surface area contributed by atoms with Gasteiger partial charge in [-0.25, -0.2) is 0 Å². The summed E-state index contributed by atoms with van der Waals surface area (Å²) in [6.45, 7) is -0.0106. The van der Waals surface area contributed by atoms with E-state index in [4.69, 9.17) is 27.9 Å². The average molecular weight is 363 g/mol. The number of halogens is 2. The first-order valence-electron chi connectivity index (χ1n) is 7.02. The third kappa shape index (κ3) is 3.88. The molecule has 0 unspecified atom stereocenters. The number of carbonyl (C=O) groups is 2. The zero-order chi connectivity index (χ0) is 17.1. The minimum absolute atomic E-state index is 0.0106. The van der Waals surface area contributed by atoms with Crippen molar-refractivity contribution in [2.75, 3.05) is 17.2 Å². The summed E-state index contributed by atoms with van der Waals surface area (Å²) >= 11 is 11.9. The molecule has 2 aromatic rings. The quantitative estimate of drug-likeness (QED) is 0.811. The van der Waals surface area contributed by atoms with Crippen LogP contribution in [-0.4, -0.2) is 18.4 Å². The van der Waals surface area contributed by atoms with E-state index in [0.29, 0.717) is 32.7 Å². The highest BCUT2D eigenvalue weighted by atomic mass is 35.5. The molecule has 0 aliphatic carbocycles. The minimum Gasteiger partial charge on any atom is -0.482 e. The molecule has 1 aliphatic rings. The molecular weight excluding hydrogens is 351 g/mol. The van der Waals surface area contributed by atoms with Crippen molar-refractivity contribution in [2.24, 2.45) is 0 Å². The Morgan fingerprint density at radius 1 is 1.21 bits per heavy atom. The van der Waals surface area contributed by atoms with Gasteiger partial charge in [0, 0.05) is 21.8 Å². The Balaban J connectivity index is 1.70. The van der Waals surface area contributed by atoms with Gasteiger partial charge < -0.3 is 15.4 Å². The van der Waals surface area contributed by atoms with E-state index >= 15 is 0 Å². The summed E-state index contributed by atoms with van der Waals surface area (Å²) in [7, 11) is 0. The van der Waals surface area contributed by atoms with Crippen molar-refractivity contribution in [1.82, 2.24) is 0 Å². The lowest BCUT2D eigenvalue weighted by atomic mass is 10.2. The molecule has 2 N–H and O–H groups in total. The summed E-state index contributed by atoms with van der Waals surface area (Å²) in [5.41, 5.74) is 1.74. The van der Waals surface area contributed by atoms with Gasteiger partial charge in [-0.1, -0.05) is 29.3 Å². The molecule has 5 nitrogen and oxygen atoms in total. The summed E-state index contributed by atoms with van der Waals surface area (Å²) in [5.74, 6) is 0.00311. The molecule has 0 saturated heterocycles. The van der Waals surface area contributed by atoms with E-state index in [-0.39, 0.29) is 18.4 Å². The average Bonchev–Trinajstić information content (AvgIpc) is 2.53. The van der Waals surface area contributed by atoms with Gasteiger partial charge in [-0.2, -0.15) is 0 Å². The SMILES string of the molecule is O=C(/C=C/c1ccc(Cl)cc1Cl)Nc1ccc2c(c1)NC(=O)CO2. The zero-order valence-electron chi connectivity index (χ0n) is 12.3. The van der Waals surface area contributed by atoms with Crippen molar-refractivity contribution >= 4 is 52.5 Å². The maximum atomic E-state index is 12.0. The van der Waals surface area contributed by atoms with E-state index in [1.54, 1.807) is 42.5 Å². The minimum atomic E-state index is -0.330. The van der Waals surface area contributed by atoms with Gasteiger partial charge in [0.05, 0.1) is 5.69 Å². The third-order valence-corrected chi connectivity index (χ3v) is 3.82. The Labute approximate surface area is 148 Å². The molecule has 0 atom stereocenters. The number of anilines is 2. The Morgan fingerprint density at radius 3 is 2.83 bits per heavy atom. The molecule has 0 saturated carbocycles. The summed E-state index contributed by atoms with van der Waals surface area (Å²) in [6.07, 6.45) is 2.96. The lowest BCUT2D eigenvalue weighted by molar-refractivity contribution is -0.118. The molecular formula is C17H12Cl2N2O3. The van der Waals surface area contributed by atoms with Crippen LogP contribution in [0, 0.1) is 0 Å². The van der Waals surface area contributed by atoms with Gasteiger partial charge in [0.2, 0.25) is 5.91 Å². The summed E-state index contributed by atoms with van der Waals surface area (Å²) in [4.78, 5) is 23.3. The number of carbonyl (C=O) groups excluding carboxylic acids is 2. The number of hydrogen-bond donors (Lipinski definition) is 2. The molecule has 0 radical (unpaired) electrons. The van der Waals surface area contributed by atoms with E-state index in [1.807, 2.05) is 0 Å². The van der Waals surface area contributed by atoms with E-state index in [0.717, 1.165) is 0 Å². The first-order valence-corrected chi connectivity index (χ1v) is 7.78. The lowest BCUT2D eigenvalue weighted by Gasteiger charge is -2.18. The van der Waals surface area contributed by atoms with Crippen LogP contribution in [0.25, 0.3) is 6.08 Å². The van der Waals surface area contributed by atoms with Crippen LogP contribution < -0.4 is 15.4 Å². The predicted octanol–water partition coefficient (Wildman–Crippen LogP) is 3.98. The fraction of sp³-hybridized carbons (Fsp3) is 0.0588. The lowest BCUT2D eigenvalue weighted by Crippen LogP contribution is -2.25. The number of fused-ring (bicyclic) bond motifs is 1. The fourth-order valence-electron chi connectivity index (χ4n) is 2.15. The second kappa shape index (κ2) is 6.95. The van der Waals surface area contributed by atoms with Crippen LogP contribution in [0.4, 0.5) is 11.4 Å². The predicted molar refractivity (Wildman–Crippen MR) is 94.7 cm³/mol. The van der Waals surface area contributed by atoms with Crippen LogP contribution in [-0.2, 0) is 9.59 Å². The van der Waals surface area contributed by atoms with Crippen molar-refractivity contribution in [3.63, 3.8) is 0 Å². The van der Waals surface area contributed by atoms with E-state index < -0.39 is 0 Å². The number of amides is 2. The van der Waals surface area contributed by atoms with Gasteiger partial charge in [0.1, 0.15) is 5.75 Å². The van der Waals surface area contributed by atoms with Crippen LogP contribution in [0.2, 0.25) is 10.0 Å². The standard InChI is InChI=1S/C17H12Cl2N2O3/c18-11-3-1-10(13(19)7-11)2-6-16(22)20-12-4-5-15-14(8-12)21-17(23)9-24-15/h1-8H,9H2,(H,20,22)(H,21,23)/b6-2+. The fourth-order valence-corrected chi connectivity index (χ4v) is 2.62. The molecule has 2 amide bonds. The Kier molecular flexibility index (Phi) is 4.74. The van der Waals surface area contributed by atoms with Crippen LogP contribution >= 0.6 is 23.2 Å². The summed E-state index contributed by atoms with van der Waals surface area (Å²) in [5, 5.41) is 6.37. The van der Waals surface area contributed by atoms with Crippen LogP contribution in [0.15, 0.2) is 42.5 Å². The molecule has 0 bridgehead atoms. The number of ether oxygens (including phenoxy) is 1. The van der Waals surface area contributed by atoms with Crippen molar-refractivity contribution < 1.29 is 14.3 Å². The number of hydrogen-bond acceptors (Lipinski definition) is 3. The highest BCUT2D eigenvalue weighted by Crippen LogP contribution is 2.30. The van der Waals surface area contributed by atoms with Crippen LogP contribution in [0.5, 0.6) is 5.75 Å². The molecule has 2 aromatic carbocycles. The molecule has 122 valence electrons. The second-order valence-corrected chi connectivity index (χ2v) is 5.88. The van der Waals surface area contributed by atoms with Gasteiger partial charge in [-0.3, -0.25) is 9.59 Å².